The number of rotatable bonds is 0. The van der Waals surface area contributed by atoms with Gasteiger partial charge < -0.3 is 11.5 Å². The maximum Gasteiger partial charge on any atom is 0.216 e. The van der Waals surface area contributed by atoms with Crippen molar-refractivity contribution in [3.63, 3.8) is 0 Å². The molecule has 0 bridgehead atoms. The second-order valence-electron chi connectivity index (χ2n) is 2.12. The number of guanidine groups is 1. The van der Waals surface area contributed by atoms with Gasteiger partial charge in [-0.25, -0.2) is 9.98 Å². The standard InChI is InChI=1S/C5H10N4/c1-3-2-8-5(7)9-4(3)6/h2-4H,6H2,1H3,(H2,7,9). The Kier molecular flexibility index (Phi) is 1.48. The van der Waals surface area contributed by atoms with Crippen molar-refractivity contribution >= 4 is 12.2 Å². The zero-order chi connectivity index (χ0) is 6.85. The number of aliphatic imine (C=N–C) groups is 2. The molecule has 4 N–H and O–H groups in total. The van der Waals surface area contributed by atoms with Crippen molar-refractivity contribution in [3.8, 4) is 0 Å². The van der Waals surface area contributed by atoms with Gasteiger partial charge in [0, 0.05) is 12.1 Å². The molecular weight excluding hydrogens is 116 g/mol. The molecule has 9 heavy (non-hydrogen) atoms. The maximum atomic E-state index is 5.51. The van der Waals surface area contributed by atoms with Gasteiger partial charge in [-0.05, 0) is 0 Å². The van der Waals surface area contributed by atoms with Gasteiger partial charge in [-0.1, -0.05) is 6.92 Å². The fraction of sp³-hybridized carbons (Fsp3) is 0.600. The molecule has 0 amide bonds. The van der Waals surface area contributed by atoms with E-state index < -0.39 is 0 Å². The molecule has 1 aliphatic heterocycles. The molecular formula is C5H10N4. The first kappa shape index (κ1) is 6.22. The van der Waals surface area contributed by atoms with Crippen molar-refractivity contribution < 1.29 is 0 Å². The molecule has 4 nitrogen and oxygen atoms in total. The molecule has 0 saturated heterocycles. The lowest BCUT2D eigenvalue weighted by molar-refractivity contribution is 0.590. The van der Waals surface area contributed by atoms with Crippen LogP contribution in [0.25, 0.3) is 0 Å². The van der Waals surface area contributed by atoms with Gasteiger partial charge in [-0.15, -0.1) is 0 Å². The molecule has 0 aromatic carbocycles. The summed E-state index contributed by atoms with van der Waals surface area (Å²) < 4.78 is 0. The van der Waals surface area contributed by atoms with Crippen molar-refractivity contribution in [2.45, 2.75) is 13.1 Å². The summed E-state index contributed by atoms with van der Waals surface area (Å²) in [6.07, 6.45) is 1.51. The lowest BCUT2D eigenvalue weighted by Crippen LogP contribution is -2.33. The van der Waals surface area contributed by atoms with E-state index in [0.717, 1.165) is 0 Å². The van der Waals surface area contributed by atoms with Crippen LogP contribution in [0, 0.1) is 5.92 Å². The number of hydrogen-bond acceptors (Lipinski definition) is 4. The van der Waals surface area contributed by atoms with Crippen LogP contribution in [-0.2, 0) is 0 Å². The number of nitrogens with zero attached hydrogens (tertiary/aromatic N) is 2. The summed E-state index contributed by atoms with van der Waals surface area (Å²) in [6, 6.07) is 0. The normalized spacial score (nSPS) is 34.2. The predicted molar refractivity (Wildman–Crippen MR) is 37.3 cm³/mol. The second kappa shape index (κ2) is 2.14. The molecule has 4 heteroatoms. The highest BCUT2D eigenvalue weighted by molar-refractivity contribution is 5.89. The molecule has 2 unspecified atom stereocenters. The van der Waals surface area contributed by atoms with Crippen molar-refractivity contribution in [2.24, 2.45) is 27.4 Å². The SMILES string of the molecule is CC1C=NC(N)=NC1N. The average Bonchev–Trinajstić information content (AvgIpc) is 1.80. The van der Waals surface area contributed by atoms with Crippen molar-refractivity contribution in [3.05, 3.63) is 0 Å². The summed E-state index contributed by atoms with van der Waals surface area (Å²) >= 11 is 0. The third-order valence-corrected chi connectivity index (χ3v) is 1.26. The zero-order valence-corrected chi connectivity index (χ0v) is 5.28. The van der Waals surface area contributed by atoms with E-state index in [0.29, 0.717) is 0 Å². The highest BCUT2D eigenvalue weighted by atomic mass is 15.1. The van der Waals surface area contributed by atoms with Crippen LogP contribution in [0.15, 0.2) is 9.98 Å². The Morgan fingerprint density at radius 1 is 1.67 bits per heavy atom. The fourth-order valence-corrected chi connectivity index (χ4v) is 0.586. The first-order chi connectivity index (χ1) is 4.20. The fourth-order valence-electron chi connectivity index (χ4n) is 0.586. The molecule has 50 valence electrons. The van der Waals surface area contributed by atoms with Gasteiger partial charge in [0.25, 0.3) is 0 Å². The predicted octanol–water partition coefficient (Wildman–Crippen LogP) is -0.694. The van der Waals surface area contributed by atoms with Crippen molar-refractivity contribution in [2.75, 3.05) is 0 Å². The second-order valence-corrected chi connectivity index (χ2v) is 2.12. The van der Waals surface area contributed by atoms with Gasteiger partial charge >= 0.3 is 0 Å². The summed E-state index contributed by atoms with van der Waals surface area (Å²) in [5.74, 6) is 0.484. The Hall–Kier alpha value is -0.900. The average molecular weight is 126 g/mol. The Morgan fingerprint density at radius 2 is 2.33 bits per heavy atom. The van der Waals surface area contributed by atoms with E-state index in [1.54, 1.807) is 6.21 Å². The van der Waals surface area contributed by atoms with E-state index >= 15 is 0 Å². The van der Waals surface area contributed by atoms with Crippen LogP contribution in [0.4, 0.5) is 0 Å². The van der Waals surface area contributed by atoms with Crippen LogP contribution in [0.1, 0.15) is 6.92 Å². The van der Waals surface area contributed by atoms with Crippen molar-refractivity contribution in [1.29, 1.82) is 0 Å². The molecule has 2 atom stereocenters. The molecule has 0 aromatic heterocycles. The van der Waals surface area contributed by atoms with Gasteiger partial charge in [0.05, 0.1) is 0 Å². The van der Waals surface area contributed by atoms with Crippen LogP contribution >= 0.6 is 0 Å². The molecule has 1 heterocycles. The monoisotopic (exact) mass is 126 g/mol. The number of hydrogen-bond donors (Lipinski definition) is 2. The van der Waals surface area contributed by atoms with Crippen LogP contribution in [-0.4, -0.2) is 18.3 Å². The minimum atomic E-state index is -0.206. The summed E-state index contributed by atoms with van der Waals surface area (Å²) in [7, 11) is 0. The topological polar surface area (TPSA) is 76.8 Å². The van der Waals surface area contributed by atoms with Crippen molar-refractivity contribution in [1.82, 2.24) is 0 Å². The molecule has 0 saturated carbocycles. The van der Waals surface area contributed by atoms with Crippen LogP contribution in [0.2, 0.25) is 0 Å². The summed E-state index contributed by atoms with van der Waals surface area (Å²) in [4.78, 5) is 7.62. The highest BCUT2D eigenvalue weighted by Gasteiger charge is 2.12. The molecule has 1 aliphatic rings. The summed E-state index contributed by atoms with van der Waals surface area (Å²) in [6.45, 7) is 1.95. The van der Waals surface area contributed by atoms with E-state index in [1.807, 2.05) is 6.92 Å². The number of nitrogens with two attached hydrogens (primary N) is 2. The largest absolute Gasteiger partial charge is 0.368 e. The molecule has 0 aliphatic carbocycles. The molecule has 0 spiro atoms. The lowest BCUT2D eigenvalue weighted by atomic mass is 10.1. The third kappa shape index (κ3) is 1.26. The Morgan fingerprint density at radius 3 is 2.78 bits per heavy atom. The van der Waals surface area contributed by atoms with Gasteiger partial charge in [0.15, 0.2) is 0 Å². The van der Waals surface area contributed by atoms with Crippen LogP contribution in [0.5, 0.6) is 0 Å². The first-order valence-corrected chi connectivity index (χ1v) is 2.83. The van der Waals surface area contributed by atoms with Crippen LogP contribution in [0.3, 0.4) is 0 Å². The zero-order valence-electron chi connectivity index (χ0n) is 5.28. The minimum absolute atomic E-state index is 0.206. The summed E-state index contributed by atoms with van der Waals surface area (Å²) in [5, 5.41) is 0. The Bertz CT molecular complexity index is 160. The van der Waals surface area contributed by atoms with Crippen LogP contribution < -0.4 is 11.5 Å². The van der Waals surface area contributed by atoms with Gasteiger partial charge in [0.1, 0.15) is 6.17 Å². The van der Waals surface area contributed by atoms with E-state index in [9.17, 15) is 0 Å². The third-order valence-electron chi connectivity index (χ3n) is 1.26. The smallest absolute Gasteiger partial charge is 0.216 e. The van der Waals surface area contributed by atoms with Gasteiger partial charge in [-0.3, -0.25) is 0 Å². The lowest BCUT2D eigenvalue weighted by Gasteiger charge is -2.14. The Balaban J connectivity index is 2.70. The highest BCUT2D eigenvalue weighted by Crippen LogP contribution is 2.02. The summed E-state index contributed by atoms with van der Waals surface area (Å²) in [5.41, 5.74) is 10.8. The van der Waals surface area contributed by atoms with E-state index in [-0.39, 0.29) is 18.0 Å². The molecule has 1 rings (SSSR count). The van der Waals surface area contributed by atoms with E-state index in [2.05, 4.69) is 9.98 Å². The maximum absolute atomic E-state index is 5.51. The molecule has 0 fully saturated rings. The van der Waals surface area contributed by atoms with E-state index in [1.165, 1.54) is 0 Å². The Labute approximate surface area is 53.7 Å². The minimum Gasteiger partial charge on any atom is -0.368 e. The first-order valence-electron chi connectivity index (χ1n) is 2.83. The van der Waals surface area contributed by atoms with Gasteiger partial charge in [-0.2, -0.15) is 0 Å². The molecule has 0 radical (unpaired) electrons. The van der Waals surface area contributed by atoms with Gasteiger partial charge in [0.2, 0.25) is 5.96 Å². The molecule has 0 aromatic rings. The quantitative estimate of drug-likeness (QED) is 0.450. The van der Waals surface area contributed by atoms with E-state index in [4.69, 9.17) is 11.5 Å².